The fourth-order valence-corrected chi connectivity index (χ4v) is 2.99. The molecule has 0 aliphatic heterocycles. The highest BCUT2D eigenvalue weighted by Crippen LogP contribution is 2.37. The van der Waals surface area contributed by atoms with Crippen molar-refractivity contribution in [2.24, 2.45) is 11.7 Å². The Balaban J connectivity index is 2.59. The molecule has 2 aromatic carbocycles. The molecule has 4 nitrogen and oxygen atoms in total. The van der Waals surface area contributed by atoms with Crippen LogP contribution in [0.25, 0.3) is 0 Å². The van der Waals surface area contributed by atoms with E-state index in [0.29, 0.717) is 35.0 Å². The van der Waals surface area contributed by atoms with Crippen molar-refractivity contribution in [2.45, 2.75) is 31.9 Å². The molecule has 0 aliphatic rings. The Kier molecular flexibility index (Phi) is 5.86. The van der Waals surface area contributed by atoms with Crippen LogP contribution >= 0.6 is 0 Å². The Hall–Kier alpha value is -2.04. The predicted molar refractivity (Wildman–Crippen MR) is 96.4 cm³/mol. The van der Waals surface area contributed by atoms with Gasteiger partial charge in [-0.15, -0.1) is 0 Å². The van der Waals surface area contributed by atoms with Gasteiger partial charge in [-0.05, 0) is 47.7 Å². The fraction of sp³-hybridized carbons (Fsp3) is 0.400. The third-order valence-corrected chi connectivity index (χ3v) is 4.28. The summed E-state index contributed by atoms with van der Waals surface area (Å²) in [5.41, 5.74) is 6.57. The fourth-order valence-electron chi connectivity index (χ4n) is 2.99. The van der Waals surface area contributed by atoms with Crippen LogP contribution in [0.15, 0.2) is 48.5 Å². The van der Waals surface area contributed by atoms with Crippen LogP contribution in [0.5, 0.6) is 11.5 Å². The summed E-state index contributed by atoms with van der Waals surface area (Å²) in [6, 6.07) is 14.4. The lowest BCUT2D eigenvalue weighted by Crippen LogP contribution is -2.47. The van der Waals surface area contributed by atoms with Gasteiger partial charge in [0.05, 0.1) is 14.2 Å². The van der Waals surface area contributed by atoms with E-state index in [1.54, 1.807) is 14.2 Å². The van der Waals surface area contributed by atoms with Gasteiger partial charge >= 0.3 is 0 Å². The number of rotatable bonds is 7. The number of nitrogens with two attached hydrogens (primary N) is 1. The molecule has 24 heavy (non-hydrogen) atoms. The number of hydrogen-bond donors (Lipinski definition) is 2. The monoisotopic (exact) mass is 329 g/mol. The maximum absolute atomic E-state index is 11.7. The molecule has 0 saturated heterocycles. The van der Waals surface area contributed by atoms with Gasteiger partial charge in [-0.25, -0.2) is 0 Å². The van der Waals surface area contributed by atoms with Crippen molar-refractivity contribution in [1.29, 1.82) is 0 Å². The van der Waals surface area contributed by atoms with Crippen molar-refractivity contribution in [1.82, 2.24) is 0 Å². The molecule has 0 bridgehead atoms. The van der Waals surface area contributed by atoms with Crippen LogP contribution in [0.1, 0.15) is 31.4 Å². The molecular weight excluding hydrogens is 302 g/mol. The number of aliphatic hydroxyl groups is 1. The highest BCUT2D eigenvalue weighted by molar-refractivity contribution is 5.44. The van der Waals surface area contributed by atoms with Gasteiger partial charge in [0.2, 0.25) is 0 Å². The van der Waals surface area contributed by atoms with Gasteiger partial charge in [-0.2, -0.15) is 0 Å². The van der Waals surface area contributed by atoms with Crippen LogP contribution in [0.3, 0.4) is 0 Å². The zero-order valence-corrected chi connectivity index (χ0v) is 14.8. The molecule has 2 rings (SSSR count). The van der Waals surface area contributed by atoms with E-state index >= 15 is 0 Å². The zero-order chi connectivity index (χ0) is 17.7. The van der Waals surface area contributed by atoms with Crippen molar-refractivity contribution >= 4 is 0 Å². The minimum absolute atomic E-state index is 0.364. The number of methoxy groups -OCH3 is 2. The molecular formula is C20H27NO3. The van der Waals surface area contributed by atoms with Crippen LogP contribution in [-0.4, -0.2) is 25.4 Å². The van der Waals surface area contributed by atoms with Gasteiger partial charge in [0.25, 0.3) is 0 Å². The van der Waals surface area contributed by atoms with Gasteiger partial charge in [-0.3, -0.25) is 0 Å². The molecule has 1 atom stereocenters. The van der Waals surface area contributed by atoms with Crippen molar-refractivity contribution in [2.75, 3.05) is 14.2 Å². The first-order valence-electron chi connectivity index (χ1n) is 8.18. The molecule has 0 aliphatic carbocycles. The average Bonchev–Trinajstić information content (AvgIpc) is 2.60. The summed E-state index contributed by atoms with van der Waals surface area (Å²) in [7, 11) is 3.22. The van der Waals surface area contributed by atoms with Crippen LogP contribution in [-0.2, 0) is 5.60 Å². The lowest BCUT2D eigenvalue weighted by molar-refractivity contribution is 0.0438. The Labute approximate surface area is 144 Å². The second-order valence-electron chi connectivity index (χ2n) is 6.47. The molecule has 0 spiro atoms. The van der Waals surface area contributed by atoms with E-state index in [4.69, 9.17) is 15.2 Å². The van der Waals surface area contributed by atoms with Gasteiger partial charge in [0, 0.05) is 6.04 Å². The Bertz CT molecular complexity index is 622. The lowest BCUT2D eigenvalue weighted by Gasteiger charge is -2.36. The summed E-state index contributed by atoms with van der Waals surface area (Å²) in [6.07, 6.45) is 0.685. The summed E-state index contributed by atoms with van der Waals surface area (Å²) < 4.78 is 10.6. The molecule has 4 heteroatoms. The van der Waals surface area contributed by atoms with Crippen molar-refractivity contribution < 1.29 is 14.6 Å². The van der Waals surface area contributed by atoms with Crippen LogP contribution in [0.2, 0.25) is 0 Å². The van der Waals surface area contributed by atoms with Crippen LogP contribution in [0, 0.1) is 5.92 Å². The maximum Gasteiger partial charge on any atom is 0.130 e. The van der Waals surface area contributed by atoms with Gasteiger partial charge in [-0.1, -0.05) is 38.1 Å². The van der Waals surface area contributed by atoms with E-state index in [1.165, 1.54) is 0 Å². The van der Waals surface area contributed by atoms with E-state index < -0.39 is 11.6 Å². The smallest absolute Gasteiger partial charge is 0.130 e. The molecule has 0 aromatic heterocycles. The Morgan fingerprint density at radius 2 is 1.42 bits per heavy atom. The third-order valence-electron chi connectivity index (χ3n) is 4.28. The first-order valence-corrected chi connectivity index (χ1v) is 8.18. The second-order valence-corrected chi connectivity index (χ2v) is 6.47. The summed E-state index contributed by atoms with van der Waals surface area (Å²) in [6.45, 7) is 4.19. The molecule has 0 radical (unpaired) electrons. The Morgan fingerprint density at radius 1 is 0.958 bits per heavy atom. The van der Waals surface area contributed by atoms with E-state index in [1.807, 2.05) is 48.5 Å². The highest BCUT2D eigenvalue weighted by Gasteiger charge is 2.39. The van der Waals surface area contributed by atoms with E-state index in [0.717, 1.165) is 0 Å². The maximum atomic E-state index is 11.7. The summed E-state index contributed by atoms with van der Waals surface area (Å²) in [4.78, 5) is 0. The van der Waals surface area contributed by atoms with Crippen molar-refractivity contribution in [3.8, 4) is 11.5 Å². The third kappa shape index (κ3) is 3.71. The molecule has 0 amide bonds. The van der Waals surface area contributed by atoms with E-state index in [-0.39, 0.29) is 0 Å². The minimum atomic E-state index is -1.33. The molecule has 0 heterocycles. The second kappa shape index (κ2) is 7.69. The highest BCUT2D eigenvalue weighted by atomic mass is 16.5. The molecule has 1 unspecified atom stereocenters. The SMILES string of the molecule is COc1cccc(C(O)(c2cccc(OC)c2)C(N)CC(C)C)c1. The van der Waals surface area contributed by atoms with Gasteiger partial charge < -0.3 is 20.3 Å². The quantitative estimate of drug-likeness (QED) is 0.818. The van der Waals surface area contributed by atoms with Crippen molar-refractivity contribution in [3.63, 3.8) is 0 Å². The molecule has 3 N–H and O–H groups in total. The number of ether oxygens (including phenoxy) is 2. The van der Waals surface area contributed by atoms with E-state index in [9.17, 15) is 5.11 Å². The van der Waals surface area contributed by atoms with Gasteiger partial charge in [0.15, 0.2) is 0 Å². The topological polar surface area (TPSA) is 64.7 Å². The number of benzene rings is 2. The van der Waals surface area contributed by atoms with Gasteiger partial charge in [0.1, 0.15) is 17.1 Å². The minimum Gasteiger partial charge on any atom is -0.497 e. The largest absolute Gasteiger partial charge is 0.497 e. The first-order chi connectivity index (χ1) is 11.4. The summed E-state index contributed by atoms with van der Waals surface area (Å²) in [5.74, 6) is 1.74. The molecule has 2 aromatic rings. The molecule has 130 valence electrons. The standard InChI is InChI=1S/C20H27NO3/c1-14(2)11-19(21)20(22,15-7-5-9-17(12-15)23-3)16-8-6-10-18(13-16)24-4/h5-10,12-14,19,22H,11,21H2,1-4H3. The zero-order valence-electron chi connectivity index (χ0n) is 14.8. The molecule has 0 saturated carbocycles. The normalized spacial score (nSPS) is 13.0. The number of hydrogen-bond acceptors (Lipinski definition) is 4. The van der Waals surface area contributed by atoms with E-state index in [2.05, 4.69) is 13.8 Å². The Morgan fingerprint density at radius 3 is 1.79 bits per heavy atom. The van der Waals surface area contributed by atoms with Crippen molar-refractivity contribution in [3.05, 3.63) is 59.7 Å². The average molecular weight is 329 g/mol. The predicted octanol–water partition coefficient (Wildman–Crippen LogP) is 3.31. The summed E-state index contributed by atoms with van der Waals surface area (Å²) in [5, 5.41) is 11.7. The van der Waals surface area contributed by atoms with Crippen LogP contribution < -0.4 is 15.2 Å². The summed E-state index contributed by atoms with van der Waals surface area (Å²) >= 11 is 0. The lowest BCUT2D eigenvalue weighted by atomic mass is 9.77. The first kappa shape index (κ1) is 18.3. The molecule has 0 fully saturated rings. The van der Waals surface area contributed by atoms with Crippen LogP contribution in [0.4, 0.5) is 0 Å².